The first-order valence-corrected chi connectivity index (χ1v) is 6.35. The number of hydrogen-bond donors (Lipinski definition) is 1. The lowest BCUT2D eigenvalue weighted by Crippen LogP contribution is -2.41. The zero-order valence-corrected chi connectivity index (χ0v) is 10.1. The summed E-state index contributed by atoms with van der Waals surface area (Å²) >= 11 is 0. The summed E-state index contributed by atoms with van der Waals surface area (Å²) < 4.78 is 24.7. The second-order valence-corrected chi connectivity index (χ2v) is 5.80. The summed E-state index contributed by atoms with van der Waals surface area (Å²) in [4.78, 5) is 0. The van der Waals surface area contributed by atoms with Gasteiger partial charge in [-0.25, -0.2) is 12.7 Å². The van der Waals surface area contributed by atoms with Crippen molar-refractivity contribution in [1.29, 1.82) is 0 Å². The molecule has 0 spiro atoms. The van der Waals surface area contributed by atoms with E-state index in [1.54, 1.807) is 4.31 Å². The summed E-state index contributed by atoms with van der Waals surface area (Å²) in [6.07, 6.45) is 2.11. The fourth-order valence-corrected chi connectivity index (χ4v) is 3.12. The molecule has 86 valence electrons. The SMILES string of the molecule is CC1CCCN(S(=O)(=O)CCN)C1.Cl. The van der Waals surface area contributed by atoms with E-state index in [9.17, 15) is 8.42 Å². The van der Waals surface area contributed by atoms with Crippen molar-refractivity contribution in [1.82, 2.24) is 4.31 Å². The molecule has 0 aromatic heterocycles. The molecule has 0 aromatic rings. The molecule has 1 rings (SSSR count). The van der Waals surface area contributed by atoms with E-state index >= 15 is 0 Å². The lowest BCUT2D eigenvalue weighted by molar-refractivity contribution is 0.281. The highest BCUT2D eigenvalue weighted by Gasteiger charge is 2.25. The maximum atomic E-state index is 11.6. The summed E-state index contributed by atoms with van der Waals surface area (Å²) in [5.41, 5.74) is 5.25. The van der Waals surface area contributed by atoms with Gasteiger partial charge < -0.3 is 5.73 Å². The standard InChI is InChI=1S/C8H18N2O2S.ClH/c1-8-3-2-5-10(7-8)13(11,12)6-4-9;/h8H,2-7,9H2,1H3;1H. The number of rotatable bonds is 3. The molecule has 6 heteroatoms. The maximum Gasteiger partial charge on any atom is 0.215 e. The lowest BCUT2D eigenvalue weighted by Gasteiger charge is -2.29. The van der Waals surface area contributed by atoms with Crippen LogP contribution in [0, 0.1) is 5.92 Å². The predicted octanol–water partition coefficient (Wildman–Crippen LogP) is 0.429. The molecule has 1 unspecified atom stereocenters. The molecule has 14 heavy (non-hydrogen) atoms. The minimum absolute atomic E-state index is 0. The first-order chi connectivity index (χ1) is 6.06. The summed E-state index contributed by atoms with van der Waals surface area (Å²) in [7, 11) is -3.06. The van der Waals surface area contributed by atoms with Crippen LogP contribution < -0.4 is 5.73 Å². The van der Waals surface area contributed by atoms with Crippen molar-refractivity contribution in [2.45, 2.75) is 19.8 Å². The fourth-order valence-electron chi connectivity index (χ4n) is 1.68. The highest BCUT2D eigenvalue weighted by molar-refractivity contribution is 7.89. The summed E-state index contributed by atoms with van der Waals surface area (Å²) in [6.45, 7) is 3.65. The molecule has 0 radical (unpaired) electrons. The Morgan fingerprint density at radius 1 is 1.50 bits per heavy atom. The van der Waals surface area contributed by atoms with E-state index in [2.05, 4.69) is 6.92 Å². The van der Waals surface area contributed by atoms with Gasteiger partial charge in [0.25, 0.3) is 0 Å². The van der Waals surface area contributed by atoms with Crippen LogP contribution in [0.1, 0.15) is 19.8 Å². The Morgan fingerprint density at radius 3 is 2.64 bits per heavy atom. The molecular formula is C8H19ClN2O2S. The average Bonchev–Trinajstić information content (AvgIpc) is 2.04. The molecule has 1 heterocycles. The van der Waals surface area contributed by atoms with Crippen molar-refractivity contribution in [3.05, 3.63) is 0 Å². The van der Waals surface area contributed by atoms with E-state index < -0.39 is 10.0 Å². The van der Waals surface area contributed by atoms with Crippen molar-refractivity contribution < 1.29 is 8.42 Å². The molecule has 1 saturated heterocycles. The van der Waals surface area contributed by atoms with Crippen LogP contribution in [0.25, 0.3) is 0 Å². The second-order valence-electron chi connectivity index (χ2n) is 3.71. The van der Waals surface area contributed by atoms with Crippen molar-refractivity contribution in [2.24, 2.45) is 11.7 Å². The molecule has 1 fully saturated rings. The lowest BCUT2D eigenvalue weighted by atomic mass is 10.0. The first-order valence-electron chi connectivity index (χ1n) is 4.74. The van der Waals surface area contributed by atoms with Crippen LogP contribution in [0.5, 0.6) is 0 Å². The van der Waals surface area contributed by atoms with Crippen LogP contribution in [0.4, 0.5) is 0 Å². The third-order valence-electron chi connectivity index (χ3n) is 2.39. The van der Waals surface area contributed by atoms with Gasteiger partial charge in [0.2, 0.25) is 10.0 Å². The van der Waals surface area contributed by atoms with Crippen molar-refractivity contribution in [3.8, 4) is 0 Å². The van der Waals surface area contributed by atoms with Crippen LogP contribution in [0.3, 0.4) is 0 Å². The van der Waals surface area contributed by atoms with Crippen LogP contribution in [-0.4, -0.2) is 38.1 Å². The van der Waals surface area contributed by atoms with Gasteiger partial charge >= 0.3 is 0 Å². The smallest absolute Gasteiger partial charge is 0.215 e. The highest BCUT2D eigenvalue weighted by atomic mass is 35.5. The summed E-state index contributed by atoms with van der Waals surface area (Å²) in [5, 5.41) is 0. The second kappa shape index (κ2) is 5.90. The monoisotopic (exact) mass is 242 g/mol. The number of nitrogens with two attached hydrogens (primary N) is 1. The quantitative estimate of drug-likeness (QED) is 0.781. The molecule has 2 N–H and O–H groups in total. The van der Waals surface area contributed by atoms with Gasteiger partial charge in [0.15, 0.2) is 0 Å². The molecular weight excluding hydrogens is 224 g/mol. The van der Waals surface area contributed by atoms with E-state index in [1.807, 2.05) is 0 Å². The van der Waals surface area contributed by atoms with E-state index in [0.29, 0.717) is 19.0 Å². The minimum Gasteiger partial charge on any atom is -0.329 e. The molecule has 0 aromatic carbocycles. The number of sulfonamides is 1. The Kier molecular flexibility index (Phi) is 5.97. The molecule has 0 aliphatic carbocycles. The topological polar surface area (TPSA) is 63.4 Å². The molecule has 0 bridgehead atoms. The normalized spacial score (nSPS) is 24.3. The van der Waals surface area contributed by atoms with Gasteiger partial charge in [0.05, 0.1) is 5.75 Å². The molecule has 0 saturated carbocycles. The Hall–Kier alpha value is 0.160. The largest absolute Gasteiger partial charge is 0.329 e. The van der Waals surface area contributed by atoms with Gasteiger partial charge in [-0.1, -0.05) is 6.92 Å². The zero-order chi connectivity index (χ0) is 9.90. The van der Waals surface area contributed by atoms with E-state index in [0.717, 1.165) is 12.8 Å². The number of hydrogen-bond acceptors (Lipinski definition) is 3. The average molecular weight is 243 g/mol. The third kappa shape index (κ3) is 3.73. The van der Waals surface area contributed by atoms with E-state index in [4.69, 9.17) is 5.73 Å². The van der Waals surface area contributed by atoms with Crippen LogP contribution in [-0.2, 0) is 10.0 Å². The molecule has 1 aliphatic rings. The van der Waals surface area contributed by atoms with Gasteiger partial charge in [0, 0.05) is 19.6 Å². The number of halogens is 1. The van der Waals surface area contributed by atoms with E-state index in [-0.39, 0.29) is 24.7 Å². The Bertz CT molecular complexity index is 256. The van der Waals surface area contributed by atoms with Gasteiger partial charge in [0.1, 0.15) is 0 Å². The first kappa shape index (κ1) is 14.2. The van der Waals surface area contributed by atoms with Crippen molar-refractivity contribution in [3.63, 3.8) is 0 Å². The van der Waals surface area contributed by atoms with Gasteiger partial charge in [-0.2, -0.15) is 0 Å². The van der Waals surface area contributed by atoms with Crippen LogP contribution in [0.2, 0.25) is 0 Å². The zero-order valence-electron chi connectivity index (χ0n) is 8.48. The van der Waals surface area contributed by atoms with Crippen LogP contribution >= 0.6 is 12.4 Å². The number of piperidine rings is 1. The highest BCUT2D eigenvalue weighted by Crippen LogP contribution is 2.18. The molecule has 4 nitrogen and oxygen atoms in total. The molecule has 1 aliphatic heterocycles. The molecule has 0 amide bonds. The van der Waals surface area contributed by atoms with Crippen LogP contribution in [0.15, 0.2) is 0 Å². The third-order valence-corrected chi connectivity index (χ3v) is 4.26. The fraction of sp³-hybridized carbons (Fsp3) is 1.00. The summed E-state index contributed by atoms with van der Waals surface area (Å²) in [5.74, 6) is 0.570. The Balaban J connectivity index is 0.00000169. The summed E-state index contributed by atoms with van der Waals surface area (Å²) in [6, 6.07) is 0. The van der Waals surface area contributed by atoms with Gasteiger partial charge in [-0.15, -0.1) is 12.4 Å². The molecule has 1 atom stereocenters. The maximum absolute atomic E-state index is 11.6. The van der Waals surface area contributed by atoms with E-state index in [1.165, 1.54) is 0 Å². The van der Waals surface area contributed by atoms with Crippen molar-refractivity contribution >= 4 is 22.4 Å². The Labute approximate surface area is 92.3 Å². The number of nitrogens with zero attached hydrogens (tertiary/aromatic N) is 1. The van der Waals surface area contributed by atoms with Gasteiger partial charge in [-0.05, 0) is 18.8 Å². The minimum atomic E-state index is -3.06. The Morgan fingerprint density at radius 2 is 2.14 bits per heavy atom. The predicted molar refractivity (Wildman–Crippen MR) is 60.1 cm³/mol. The van der Waals surface area contributed by atoms with Crippen molar-refractivity contribution in [2.75, 3.05) is 25.4 Å². The van der Waals surface area contributed by atoms with Gasteiger partial charge in [-0.3, -0.25) is 0 Å².